The van der Waals surface area contributed by atoms with E-state index >= 15 is 0 Å². The number of benzene rings is 1. The number of anilines is 2. The molecule has 0 saturated heterocycles. The number of nitrogen functional groups attached to an aromatic ring is 1. The van der Waals surface area contributed by atoms with Gasteiger partial charge in [0.25, 0.3) is 6.43 Å². The van der Waals surface area contributed by atoms with Crippen LogP contribution in [0.3, 0.4) is 0 Å². The summed E-state index contributed by atoms with van der Waals surface area (Å²) < 4.78 is 31.5. The van der Waals surface area contributed by atoms with Gasteiger partial charge in [-0.3, -0.25) is 0 Å². The van der Waals surface area contributed by atoms with Crippen LogP contribution in [0, 0.1) is 5.92 Å². The number of H-pyrrole nitrogens is 1. The molecule has 1 aliphatic rings. The Morgan fingerprint density at radius 1 is 1.45 bits per heavy atom. The summed E-state index contributed by atoms with van der Waals surface area (Å²) in [4.78, 5) is 7.49. The van der Waals surface area contributed by atoms with Crippen LogP contribution in [-0.2, 0) is 4.74 Å². The summed E-state index contributed by atoms with van der Waals surface area (Å²) >= 11 is 1.60. The largest absolute Gasteiger partial charge is 0.405 e. The van der Waals surface area contributed by atoms with E-state index in [1.54, 1.807) is 18.9 Å². The second kappa shape index (κ2) is 11.8. The highest BCUT2D eigenvalue weighted by molar-refractivity contribution is 7.98. The number of thioether (sulfide) groups is 1. The molecule has 1 fully saturated rings. The molecule has 0 radical (unpaired) electrons. The van der Waals surface area contributed by atoms with Crippen molar-refractivity contribution in [3.05, 3.63) is 54.1 Å². The third-order valence-corrected chi connectivity index (χ3v) is 5.67. The van der Waals surface area contributed by atoms with Gasteiger partial charge in [-0.15, -0.1) is 11.8 Å². The number of aromatic amines is 1. The van der Waals surface area contributed by atoms with Crippen LogP contribution in [0.1, 0.15) is 55.8 Å². The monoisotopic (exact) mass is 451 g/mol. The Bertz CT molecular complexity index is 896. The van der Waals surface area contributed by atoms with Crippen molar-refractivity contribution in [3.63, 3.8) is 0 Å². The van der Waals surface area contributed by atoms with E-state index in [9.17, 15) is 8.78 Å². The molecule has 0 spiro atoms. The number of nitrogens with zero attached hydrogens (tertiary/aromatic N) is 1. The summed E-state index contributed by atoms with van der Waals surface area (Å²) in [6.07, 6.45) is 5.83. The lowest BCUT2D eigenvalue weighted by Crippen LogP contribution is -2.05. The van der Waals surface area contributed by atoms with Crippen molar-refractivity contribution in [2.75, 3.05) is 24.4 Å². The van der Waals surface area contributed by atoms with Gasteiger partial charge in [0.2, 0.25) is 0 Å². The van der Waals surface area contributed by atoms with Gasteiger partial charge < -0.3 is 26.5 Å². The fraction of sp³-hybridized carbons (Fsp3) is 0.409. The molecule has 170 valence electrons. The predicted molar refractivity (Wildman–Crippen MR) is 125 cm³/mol. The minimum absolute atomic E-state index is 0.0123. The minimum Gasteiger partial charge on any atom is -0.405 e. The first-order chi connectivity index (χ1) is 14.8. The summed E-state index contributed by atoms with van der Waals surface area (Å²) in [7, 11) is 1.68. The fourth-order valence-corrected chi connectivity index (χ4v) is 3.51. The number of hydrogen-bond donors (Lipinski definition) is 4. The molecule has 9 heteroatoms. The molecule has 1 saturated carbocycles. The molecule has 6 N–H and O–H groups in total. The zero-order valence-electron chi connectivity index (χ0n) is 18.1. The maximum Gasteiger partial charge on any atom is 0.295 e. The number of hydrogen-bond acceptors (Lipinski definition) is 6. The summed E-state index contributed by atoms with van der Waals surface area (Å²) in [5.41, 5.74) is 13.6. The smallest absolute Gasteiger partial charge is 0.295 e. The molecule has 1 unspecified atom stereocenters. The molecule has 2 aromatic rings. The van der Waals surface area contributed by atoms with E-state index in [4.69, 9.17) is 10.5 Å². The van der Waals surface area contributed by atoms with Gasteiger partial charge in [-0.25, -0.2) is 13.8 Å². The third-order valence-electron chi connectivity index (χ3n) is 4.90. The van der Waals surface area contributed by atoms with Crippen molar-refractivity contribution in [2.24, 2.45) is 11.7 Å². The first kappa shape index (κ1) is 24.7. The number of rotatable bonds is 9. The highest BCUT2D eigenvalue weighted by Crippen LogP contribution is 2.36. The number of halogens is 2. The minimum atomic E-state index is -2.70. The van der Waals surface area contributed by atoms with E-state index in [0.29, 0.717) is 17.3 Å². The molecule has 1 aromatic heterocycles. The van der Waals surface area contributed by atoms with Crippen LogP contribution < -0.4 is 16.8 Å². The van der Waals surface area contributed by atoms with E-state index in [1.165, 1.54) is 19.0 Å². The Hall–Kier alpha value is -2.52. The molecule has 6 nitrogen and oxygen atoms in total. The molecule has 0 amide bonds. The lowest BCUT2D eigenvalue weighted by Gasteiger charge is -2.17. The van der Waals surface area contributed by atoms with Crippen molar-refractivity contribution in [3.8, 4) is 0 Å². The maximum atomic E-state index is 13.0. The van der Waals surface area contributed by atoms with Crippen LogP contribution in [0.2, 0.25) is 0 Å². The first-order valence-electron chi connectivity index (χ1n) is 9.98. The second-order valence-corrected chi connectivity index (χ2v) is 8.03. The molecular formula is C22H31F2N5OS. The Morgan fingerprint density at radius 3 is 2.65 bits per heavy atom. The summed E-state index contributed by atoms with van der Waals surface area (Å²) in [5.74, 6) is 0.307. The van der Waals surface area contributed by atoms with Gasteiger partial charge in [0.15, 0.2) is 11.6 Å². The van der Waals surface area contributed by atoms with Crippen LogP contribution in [0.25, 0.3) is 5.70 Å². The van der Waals surface area contributed by atoms with Crippen LogP contribution >= 0.6 is 11.8 Å². The zero-order valence-corrected chi connectivity index (χ0v) is 18.9. The first-order valence-corrected chi connectivity index (χ1v) is 11.2. The average molecular weight is 452 g/mol. The lowest BCUT2D eigenvalue weighted by atomic mass is 10.1. The van der Waals surface area contributed by atoms with Crippen LogP contribution in [0.5, 0.6) is 0 Å². The molecule has 1 aliphatic carbocycles. The molecule has 1 aromatic carbocycles. The van der Waals surface area contributed by atoms with Crippen molar-refractivity contribution in [1.82, 2.24) is 9.97 Å². The average Bonchev–Trinajstić information content (AvgIpc) is 3.50. The molecule has 31 heavy (non-hydrogen) atoms. The van der Waals surface area contributed by atoms with Gasteiger partial charge in [-0.05, 0) is 62.3 Å². The molecule has 1 heterocycles. The number of nitrogens with one attached hydrogen (secondary N) is 2. The van der Waals surface area contributed by atoms with E-state index < -0.39 is 12.2 Å². The summed E-state index contributed by atoms with van der Waals surface area (Å²) in [6.45, 7) is 5.13. The normalized spacial score (nSPS) is 14.7. The summed E-state index contributed by atoms with van der Waals surface area (Å²) in [5, 5.41) is 3.38. The van der Waals surface area contributed by atoms with Crippen molar-refractivity contribution < 1.29 is 13.5 Å². The number of methoxy groups -OCH3 is 1. The van der Waals surface area contributed by atoms with E-state index in [-0.39, 0.29) is 11.9 Å². The molecule has 0 aliphatic heterocycles. The zero-order chi connectivity index (χ0) is 23.0. The van der Waals surface area contributed by atoms with Crippen LogP contribution in [0.4, 0.5) is 20.3 Å². The number of aromatic nitrogens is 2. The number of imidazole rings is 1. The van der Waals surface area contributed by atoms with Crippen molar-refractivity contribution in [2.45, 2.75) is 43.6 Å². The van der Waals surface area contributed by atoms with Gasteiger partial charge in [0.05, 0.1) is 17.5 Å². The predicted octanol–water partition coefficient (Wildman–Crippen LogP) is 5.70. The van der Waals surface area contributed by atoms with Crippen LogP contribution in [-0.4, -0.2) is 23.3 Å². The van der Waals surface area contributed by atoms with Gasteiger partial charge in [-0.1, -0.05) is 18.7 Å². The summed E-state index contributed by atoms with van der Waals surface area (Å²) in [6, 6.07) is 6.04. The lowest BCUT2D eigenvalue weighted by molar-refractivity contribution is 0.119. The quantitative estimate of drug-likeness (QED) is 0.365. The molecule has 3 rings (SSSR count). The number of nitrogens with two attached hydrogens (primary N) is 2. The third kappa shape index (κ3) is 7.00. The Balaban J connectivity index is 0.00000107. The van der Waals surface area contributed by atoms with E-state index in [0.717, 1.165) is 22.6 Å². The maximum absolute atomic E-state index is 13.0. The Morgan fingerprint density at radius 2 is 2.13 bits per heavy atom. The van der Waals surface area contributed by atoms with Gasteiger partial charge in [-0.2, -0.15) is 0 Å². The molecule has 1 atom stereocenters. The van der Waals surface area contributed by atoms with Crippen molar-refractivity contribution in [1.29, 1.82) is 0 Å². The molecular weight excluding hydrogens is 420 g/mol. The fourth-order valence-electron chi connectivity index (χ4n) is 2.91. The second-order valence-electron chi connectivity index (χ2n) is 7.18. The standard InChI is InChI=1S/C20H26F2N4OS.C2H5N/c1-11(27-2)13-7-9-14(16(10-13)28-3)24-15(8-6-12-4-5-12)17-19(23)26-20(25-17)18(21)22;1-2-3/h7-12,18,24H,4-6,23H2,1-3H3,(H,25,26);2H,1,3H2/b15-8+;. The van der Waals surface area contributed by atoms with E-state index in [2.05, 4.69) is 33.7 Å². The van der Waals surface area contributed by atoms with Crippen molar-refractivity contribution >= 4 is 29.0 Å². The topological polar surface area (TPSA) is 102 Å². The van der Waals surface area contributed by atoms with Crippen LogP contribution in [0.15, 0.2) is 41.9 Å². The Labute approximate surface area is 186 Å². The number of allylic oxidation sites excluding steroid dienone is 1. The van der Waals surface area contributed by atoms with Gasteiger partial charge in [0.1, 0.15) is 5.69 Å². The Kier molecular flexibility index (Phi) is 9.39. The molecule has 0 bridgehead atoms. The SMILES string of the molecule is C=CN.COC(C)c1ccc(N/C(=C/CC2CC2)c2[nH]c(C(F)F)nc2N)c(SC)c1. The highest BCUT2D eigenvalue weighted by Gasteiger charge is 2.22. The number of ether oxygens (including phenoxy) is 1. The van der Waals surface area contributed by atoms with Gasteiger partial charge in [0, 0.05) is 12.0 Å². The number of alkyl halides is 2. The van der Waals surface area contributed by atoms with E-state index in [1.807, 2.05) is 31.4 Å². The highest BCUT2D eigenvalue weighted by atomic mass is 32.2. The van der Waals surface area contributed by atoms with Gasteiger partial charge >= 0.3 is 0 Å².